The summed E-state index contributed by atoms with van der Waals surface area (Å²) < 4.78 is 1.54. The van der Waals surface area contributed by atoms with Crippen LogP contribution in [0.3, 0.4) is 0 Å². The summed E-state index contributed by atoms with van der Waals surface area (Å²) in [5.41, 5.74) is 5.10. The zero-order valence-corrected chi connectivity index (χ0v) is 15.3. The van der Waals surface area contributed by atoms with Gasteiger partial charge in [-0.25, -0.2) is 14.5 Å². The molecule has 3 heterocycles. The lowest BCUT2D eigenvalue weighted by Gasteiger charge is -2.03. The molecular formula is C18H16N6OS. The van der Waals surface area contributed by atoms with E-state index >= 15 is 0 Å². The number of carbonyl (C=O) groups excluding carboxylic acids is 1. The quantitative estimate of drug-likeness (QED) is 0.602. The molecule has 26 heavy (non-hydrogen) atoms. The summed E-state index contributed by atoms with van der Waals surface area (Å²) in [7, 11) is 0. The molecular weight excluding hydrogens is 348 g/mol. The molecule has 0 saturated carbocycles. The highest BCUT2D eigenvalue weighted by Gasteiger charge is 2.16. The Morgan fingerprint density at radius 1 is 1.15 bits per heavy atom. The van der Waals surface area contributed by atoms with Crippen molar-refractivity contribution in [2.75, 3.05) is 5.32 Å². The van der Waals surface area contributed by atoms with Crippen molar-refractivity contribution in [1.29, 1.82) is 0 Å². The van der Waals surface area contributed by atoms with Gasteiger partial charge in [0.2, 0.25) is 5.82 Å². The number of thiazole rings is 1. The van der Waals surface area contributed by atoms with Gasteiger partial charge in [0.15, 0.2) is 5.13 Å². The van der Waals surface area contributed by atoms with E-state index in [-0.39, 0.29) is 5.82 Å². The molecule has 4 aromatic rings. The SMILES string of the molecule is Cc1ccc(-c2csc(NC(=O)c3nc4nccc(C)n4n3)n2)c(C)c1. The second kappa shape index (κ2) is 6.30. The van der Waals surface area contributed by atoms with E-state index in [0.717, 1.165) is 22.5 Å². The average molecular weight is 364 g/mol. The van der Waals surface area contributed by atoms with E-state index in [2.05, 4.69) is 51.3 Å². The average Bonchev–Trinajstić information content (AvgIpc) is 3.22. The van der Waals surface area contributed by atoms with E-state index in [1.54, 1.807) is 12.3 Å². The van der Waals surface area contributed by atoms with E-state index < -0.39 is 5.91 Å². The molecule has 1 aromatic carbocycles. The van der Waals surface area contributed by atoms with Crippen molar-refractivity contribution in [2.45, 2.75) is 20.8 Å². The Bertz CT molecular complexity index is 1130. The predicted octanol–water partition coefficient (Wildman–Crippen LogP) is 3.43. The number of anilines is 1. The smallest absolute Gasteiger partial charge is 0.295 e. The molecule has 1 amide bonds. The summed E-state index contributed by atoms with van der Waals surface area (Å²) >= 11 is 1.37. The molecule has 0 spiro atoms. The van der Waals surface area contributed by atoms with E-state index in [1.165, 1.54) is 21.4 Å². The molecule has 7 nitrogen and oxygen atoms in total. The molecule has 0 radical (unpaired) electrons. The Hall–Kier alpha value is -3.13. The molecule has 0 bridgehead atoms. The molecule has 0 fully saturated rings. The number of nitrogens with one attached hydrogen (secondary N) is 1. The number of hydrogen-bond acceptors (Lipinski definition) is 6. The van der Waals surface area contributed by atoms with Crippen LogP contribution in [0.5, 0.6) is 0 Å². The van der Waals surface area contributed by atoms with Crippen LogP contribution in [0.1, 0.15) is 27.4 Å². The third kappa shape index (κ3) is 2.95. The molecule has 0 aliphatic rings. The summed E-state index contributed by atoms with van der Waals surface area (Å²) in [6.07, 6.45) is 1.64. The van der Waals surface area contributed by atoms with Gasteiger partial charge in [-0.3, -0.25) is 10.1 Å². The third-order valence-corrected chi connectivity index (χ3v) is 4.77. The number of fused-ring (bicyclic) bond motifs is 1. The molecule has 8 heteroatoms. The molecule has 0 aliphatic carbocycles. The minimum Gasteiger partial charge on any atom is -0.295 e. The Balaban J connectivity index is 1.58. The van der Waals surface area contributed by atoms with Crippen LogP contribution in [0.2, 0.25) is 0 Å². The van der Waals surface area contributed by atoms with Crippen molar-refractivity contribution >= 4 is 28.2 Å². The monoisotopic (exact) mass is 364 g/mol. The minimum atomic E-state index is -0.406. The van der Waals surface area contributed by atoms with Crippen molar-refractivity contribution in [3.05, 3.63) is 58.5 Å². The van der Waals surface area contributed by atoms with Gasteiger partial charge in [0, 0.05) is 22.8 Å². The fourth-order valence-electron chi connectivity index (χ4n) is 2.71. The highest BCUT2D eigenvalue weighted by molar-refractivity contribution is 7.14. The van der Waals surface area contributed by atoms with Gasteiger partial charge in [-0.05, 0) is 32.4 Å². The molecule has 3 aromatic heterocycles. The molecule has 4 rings (SSSR count). The van der Waals surface area contributed by atoms with Crippen molar-refractivity contribution in [3.63, 3.8) is 0 Å². The number of benzene rings is 1. The van der Waals surface area contributed by atoms with E-state index in [1.807, 2.05) is 18.4 Å². The number of rotatable bonds is 3. The van der Waals surface area contributed by atoms with Gasteiger partial charge in [0.25, 0.3) is 11.7 Å². The number of amides is 1. The Morgan fingerprint density at radius 2 is 2.00 bits per heavy atom. The number of aromatic nitrogens is 5. The van der Waals surface area contributed by atoms with Crippen LogP contribution >= 0.6 is 11.3 Å². The van der Waals surface area contributed by atoms with Gasteiger partial charge in [0.05, 0.1) is 5.69 Å². The summed E-state index contributed by atoms with van der Waals surface area (Å²) in [6.45, 7) is 5.99. The Kier molecular flexibility index (Phi) is 3.96. The van der Waals surface area contributed by atoms with Crippen LogP contribution in [-0.4, -0.2) is 30.5 Å². The van der Waals surface area contributed by atoms with Gasteiger partial charge < -0.3 is 0 Å². The summed E-state index contributed by atoms with van der Waals surface area (Å²) in [4.78, 5) is 25.2. The predicted molar refractivity (Wildman–Crippen MR) is 100 cm³/mol. The topological polar surface area (TPSA) is 85.1 Å². The fourth-order valence-corrected chi connectivity index (χ4v) is 3.42. The molecule has 0 saturated heterocycles. The van der Waals surface area contributed by atoms with Crippen LogP contribution in [0.4, 0.5) is 5.13 Å². The second-order valence-electron chi connectivity index (χ2n) is 6.04. The van der Waals surface area contributed by atoms with Crippen LogP contribution < -0.4 is 5.32 Å². The summed E-state index contributed by atoms with van der Waals surface area (Å²) in [6, 6.07) is 8.02. The van der Waals surface area contributed by atoms with Crippen molar-refractivity contribution in [2.24, 2.45) is 0 Å². The number of hydrogen-bond donors (Lipinski definition) is 1. The minimum absolute atomic E-state index is 0.0649. The lowest BCUT2D eigenvalue weighted by molar-refractivity contribution is 0.101. The van der Waals surface area contributed by atoms with Crippen molar-refractivity contribution < 1.29 is 4.79 Å². The lowest BCUT2D eigenvalue weighted by atomic mass is 10.0. The maximum atomic E-state index is 12.4. The van der Waals surface area contributed by atoms with E-state index in [0.29, 0.717) is 10.9 Å². The van der Waals surface area contributed by atoms with Gasteiger partial charge in [-0.1, -0.05) is 23.8 Å². The van der Waals surface area contributed by atoms with Gasteiger partial charge in [-0.15, -0.1) is 16.4 Å². The number of nitrogens with zero attached hydrogens (tertiary/aromatic N) is 5. The highest BCUT2D eigenvalue weighted by atomic mass is 32.1. The number of carbonyl (C=O) groups is 1. The molecule has 130 valence electrons. The highest BCUT2D eigenvalue weighted by Crippen LogP contribution is 2.28. The fraction of sp³-hybridized carbons (Fsp3) is 0.167. The lowest BCUT2D eigenvalue weighted by Crippen LogP contribution is -2.13. The largest absolute Gasteiger partial charge is 0.297 e. The molecule has 1 N–H and O–H groups in total. The van der Waals surface area contributed by atoms with Crippen molar-refractivity contribution in [3.8, 4) is 11.3 Å². The normalized spacial score (nSPS) is 11.0. The van der Waals surface area contributed by atoms with Gasteiger partial charge in [-0.2, -0.15) is 4.98 Å². The third-order valence-electron chi connectivity index (χ3n) is 4.02. The Labute approximate surface area is 153 Å². The molecule has 0 atom stereocenters. The first-order valence-electron chi connectivity index (χ1n) is 8.04. The van der Waals surface area contributed by atoms with Crippen molar-refractivity contribution in [1.82, 2.24) is 24.6 Å². The van der Waals surface area contributed by atoms with E-state index in [9.17, 15) is 4.79 Å². The standard InChI is InChI=1S/C18H16N6OS/c1-10-4-5-13(11(2)8-10)14-9-26-18(20-14)22-16(25)15-21-17-19-7-6-12(3)24(17)23-15/h4-9H,1-3H3,(H,20,22,25). The van der Waals surface area contributed by atoms with Gasteiger partial charge in [0.1, 0.15) is 0 Å². The number of aryl methyl sites for hydroxylation is 3. The summed E-state index contributed by atoms with van der Waals surface area (Å²) in [5, 5.41) is 9.40. The Morgan fingerprint density at radius 3 is 2.77 bits per heavy atom. The molecule has 0 aliphatic heterocycles. The van der Waals surface area contributed by atoms with Crippen LogP contribution in [0.15, 0.2) is 35.8 Å². The maximum absolute atomic E-state index is 12.4. The first kappa shape index (κ1) is 16.3. The van der Waals surface area contributed by atoms with Crippen LogP contribution in [0.25, 0.3) is 17.0 Å². The maximum Gasteiger partial charge on any atom is 0.297 e. The van der Waals surface area contributed by atoms with E-state index in [4.69, 9.17) is 0 Å². The first-order chi connectivity index (χ1) is 12.5. The van der Waals surface area contributed by atoms with Crippen LogP contribution in [0, 0.1) is 20.8 Å². The summed E-state index contributed by atoms with van der Waals surface area (Å²) in [5.74, 6) is 0.0525. The van der Waals surface area contributed by atoms with Crippen LogP contribution in [-0.2, 0) is 0 Å². The first-order valence-corrected chi connectivity index (χ1v) is 8.92. The zero-order valence-electron chi connectivity index (χ0n) is 14.5. The zero-order chi connectivity index (χ0) is 18.3. The second-order valence-corrected chi connectivity index (χ2v) is 6.90. The molecule has 0 unspecified atom stereocenters. The van der Waals surface area contributed by atoms with Gasteiger partial charge >= 0.3 is 0 Å².